The first-order valence-electron chi connectivity index (χ1n) is 7.03. The van der Waals surface area contributed by atoms with Crippen molar-refractivity contribution >= 4 is 32.3 Å². The molecular formula is C15H16N2O4S2. The second-order valence-corrected chi connectivity index (χ2v) is 7.99. The molecule has 1 aliphatic rings. The van der Waals surface area contributed by atoms with E-state index >= 15 is 0 Å². The topological polar surface area (TPSA) is 98.5 Å². The number of sulfonamides is 1. The van der Waals surface area contributed by atoms with Crippen LogP contribution in [-0.4, -0.2) is 21.4 Å². The number of fused-ring (bicyclic) bond motifs is 1. The molecule has 1 aromatic heterocycles. The number of amides is 1. The summed E-state index contributed by atoms with van der Waals surface area (Å²) >= 11 is 1.29. The van der Waals surface area contributed by atoms with Crippen molar-refractivity contribution in [1.29, 1.82) is 0 Å². The van der Waals surface area contributed by atoms with Gasteiger partial charge in [-0.15, -0.1) is 11.3 Å². The van der Waals surface area contributed by atoms with E-state index in [1.165, 1.54) is 30.6 Å². The number of ether oxygens (including phenoxy) is 1. The van der Waals surface area contributed by atoms with Crippen LogP contribution in [0.25, 0.3) is 0 Å². The summed E-state index contributed by atoms with van der Waals surface area (Å²) in [5.74, 6) is -0.0336. The molecular weight excluding hydrogens is 336 g/mol. The van der Waals surface area contributed by atoms with Crippen LogP contribution in [0.1, 0.15) is 27.2 Å². The fourth-order valence-corrected chi connectivity index (χ4v) is 5.27. The fraction of sp³-hybridized carbons (Fsp3) is 0.267. The van der Waals surface area contributed by atoms with Crippen molar-refractivity contribution in [3.63, 3.8) is 0 Å². The van der Waals surface area contributed by atoms with E-state index in [0.717, 1.165) is 29.7 Å². The van der Waals surface area contributed by atoms with Crippen LogP contribution in [0, 0.1) is 0 Å². The predicted octanol–water partition coefficient (Wildman–Crippen LogP) is 2.15. The average Bonchev–Trinajstić information content (AvgIpc) is 3.06. The number of methoxy groups -OCH3 is 1. The lowest BCUT2D eigenvalue weighted by molar-refractivity contribution is 0.100. The maximum absolute atomic E-state index is 12.5. The zero-order valence-electron chi connectivity index (χ0n) is 12.5. The van der Waals surface area contributed by atoms with E-state index in [0.29, 0.717) is 16.3 Å². The first-order valence-corrected chi connectivity index (χ1v) is 9.33. The molecule has 1 aromatic carbocycles. The van der Waals surface area contributed by atoms with E-state index in [1.807, 2.05) is 0 Å². The lowest BCUT2D eigenvalue weighted by atomic mass is 10.1. The Morgan fingerprint density at radius 2 is 1.96 bits per heavy atom. The number of hydrogen-bond acceptors (Lipinski definition) is 5. The van der Waals surface area contributed by atoms with E-state index in [4.69, 9.17) is 10.5 Å². The zero-order chi connectivity index (χ0) is 16.6. The third-order valence-electron chi connectivity index (χ3n) is 3.76. The quantitative estimate of drug-likeness (QED) is 0.861. The van der Waals surface area contributed by atoms with Crippen LogP contribution in [0.15, 0.2) is 29.2 Å². The second-order valence-electron chi connectivity index (χ2n) is 5.21. The van der Waals surface area contributed by atoms with Crippen molar-refractivity contribution in [1.82, 2.24) is 0 Å². The Hall–Kier alpha value is -2.06. The van der Waals surface area contributed by atoms with Crippen LogP contribution in [0.4, 0.5) is 5.00 Å². The molecule has 1 amide bonds. The molecule has 3 N–H and O–H groups in total. The van der Waals surface area contributed by atoms with Gasteiger partial charge in [-0.1, -0.05) is 0 Å². The van der Waals surface area contributed by atoms with Gasteiger partial charge in [0.2, 0.25) is 0 Å². The molecule has 2 aromatic rings. The average molecular weight is 352 g/mol. The smallest absolute Gasteiger partial charge is 0.262 e. The lowest BCUT2D eigenvalue weighted by Crippen LogP contribution is -2.18. The van der Waals surface area contributed by atoms with Gasteiger partial charge in [-0.25, -0.2) is 8.42 Å². The van der Waals surface area contributed by atoms with Crippen LogP contribution < -0.4 is 15.2 Å². The van der Waals surface area contributed by atoms with Crippen LogP contribution >= 0.6 is 11.3 Å². The van der Waals surface area contributed by atoms with Crippen LogP contribution in [0.5, 0.6) is 5.75 Å². The molecule has 0 bridgehead atoms. The van der Waals surface area contributed by atoms with Crippen molar-refractivity contribution in [2.45, 2.75) is 24.2 Å². The van der Waals surface area contributed by atoms with E-state index in [-0.39, 0.29) is 4.90 Å². The summed E-state index contributed by atoms with van der Waals surface area (Å²) in [4.78, 5) is 12.9. The van der Waals surface area contributed by atoms with E-state index in [9.17, 15) is 13.2 Å². The van der Waals surface area contributed by atoms with Crippen molar-refractivity contribution in [3.8, 4) is 5.75 Å². The van der Waals surface area contributed by atoms with Gasteiger partial charge in [0.05, 0.1) is 17.6 Å². The van der Waals surface area contributed by atoms with Gasteiger partial charge in [-0.05, 0) is 49.1 Å². The highest BCUT2D eigenvalue weighted by Gasteiger charge is 2.27. The molecule has 6 nitrogen and oxygen atoms in total. The monoisotopic (exact) mass is 352 g/mol. The van der Waals surface area contributed by atoms with Crippen molar-refractivity contribution in [2.24, 2.45) is 5.73 Å². The minimum atomic E-state index is -3.78. The maximum atomic E-state index is 12.5. The number of nitrogens with one attached hydrogen (secondary N) is 1. The number of primary amides is 1. The van der Waals surface area contributed by atoms with Crippen molar-refractivity contribution in [3.05, 3.63) is 40.3 Å². The number of benzene rings is 1. The number of hydrogen-bond donors (Lipinski definition) is 2. The Bertz CT molecular complexity index is 854. The Labute approximate surface area is 138 Å². The number of anilines is 1. The van der Waals surface area contributed by atoms with Gasteiger partial charge in [0.25, 0.3) is 15.9 Å². The highest BCUT2D eigenvalue weighted by Crippen LogP contribution is 2.39. The molecule has 0 saturated carbocycles. The summed E-state index contributed by atoms with van der Waals surface area (Å²) in [6.07, 6.45) is 2.58. The van der Waals surface area contributed by atoms with Crippen LogP contribution in [-0.2, 0) is 22.9 Å². The van der Waals surface area contributed by atoms with Gasteiger partial charge in [0.1, 0.15) is 10.8 Å². The Balaban J connectivity index is 1.96. The molecule has 23 heavy (non-hydrogen) atoms. The number of nitrogens with two attached hydrogens (primary N) is 1. The number of carbonyl (C=O) groups is 1. The van der Waals surface area contributed by atoms with Gasteiger partial charge in [0.15, 0.2) is 0 Å². The van der Waals surface area contributed by atoms with Gasteiger partial charge >= 0.3 is 0 Å². The van der Waals surface area contributed by atoms with Gasteiger partial charge in [-0.3, -0.25) is 9.52 Å². The molecule has 0 radical (unpaired) electrons. The molecule has 3 rings (SSSR count). The molecule has 1 heterocycles. The Morgan fingerprint density at radius 3 is 2.57 bits per heavy atom. The molecule has 0 aliphatic heterocycles. The Kier molecular flexibility index (Phi) is 4.03. The van der Waals surface area contributed by atoms with Crippen molar-refractivity contribution < 1.29 is 17.9 Å². The van der Waals surface area contributed by atoms with Crippen LogP contribution in [0.3, 0.4) is 0 Å². The van der Waals surface area contributed by atoms with Gasteiger partial charge in [0, 0.05) is 4.88 Å². The summed E-state index contributed by atoms with van der Waals surface area (Å²) in [5.41, 5.74) is 6.63. The molecule has 0 fully saturated rings. The summed E-state index contributed by atoms with van der Waals surface area (Å²) in [5, 5.41) is 0.304. The van der Waals surface area contributed by atoms with E-state index in [2.05, 4.69) is 4.72 Å². The van der Waals surface area contributed by atoms with Crippen molar-refractivity contribution in [2.75, 3.05) is 11.8 Å². The summed E-state index contributed by atoms with van der Waals surface area (Å²) in [7, 11) is -2.28. The van der Waals surface area contributed by atoms with E-state index in [1.54, 1.807) is 12.1 Å². The minimum Gasteiger partial charge on any atom is -0.497 e. The third kappa shape index (κ3) is 2.91. The van der Waals surface area contributed by atoms with Gasteiger partial charge in [-0.2, -0.15) is 0 Å². The summed E-state index contributed by atoms with van der Waals surface area (Å²) in [6, 6.07) is 6.04. The normalized spacial score (nSPS) is 13.6. The number of thiophene rings is 1. The first-order chi connectivity index (χ1) is 10.9. The standard InChI is InChI=1S/C15H16N2O4S2/c1-21-9-5-7-10(8-6-9)23(19,20)17-15-13(14(16)18)11-3-2-4-12(11)22-15/h5-8,17H,2-4H2,1H3,(H2,16,18). The fourth-order valence-electron chi connectivity index (χ4n) is 2.67. The number of carbonyl (C=O) groups excluding carboxylic acids is 1. The SMILES string of the molecule is COc1ccc(S(=O)(=O)Nc2sc3c(c2C(N)=O)CCC3)cc1. The number of rotatable bonds is 5. The molecule has 8 heteroatoms. The first kappa shape index (κ1) is 15.8. The van der Waals surface area contributed by atoms with Gasteiger partial charge < -0.3 is 10.5 Å². The summed E-state index contributed by atoms with van der Waals surface area (Å²) < 4.78 is 32.5. The highest BCUT2D eigenvalue weighted by molar-refractivity contribution is 7.93. The third-order valence-corrected chi connectivity index (χ3v) is 6.47. The second kappa shape index (κ2) is 5.86. The van der Waals surface area contributed by atoms with E-state index < -0.39 is 15.9 Å². The number of aryl methyl sites for hydroxylation is 1. The molecule has 122 valence electrons. The lowest BCUT2D eigenvalue weighted by Gasteiger charge is -2.09. The minimum absolute atomic E-state index is 0.0993. The van der Waals surface area contributed by atoms with Crippen LogP contribution in [0.2, 0.25) is 0 Å². The molecule has 0 unspecified atom stereocenters. The molecule has 0 saturated heterocycles. The summed E-state index contributed by atoms with van der Waals surface area (Å²) in [6.45, 7) is 0. The highest BCUT2D eigenvalue weighted by atomic mass is 32.2. The molecule has 1 aliphatic carbocycles. The largest absolute Gasteiger partial charge is 0.497 e. The predicted molar refractivity (Wildman–Crippen MR) is 88.7 cm³/mol. The maximum Gasteiger partial charge on any atom is 0.262 e. The molecule has 0 spiro atoms. The zero-order valence-corrected chi connectivity index (χ0v) is 14.1. The molecule has 0 atom stereocenters. The Morgan fingerprint density at radius 1 is 1.26 bits per heavy atom.